The van der Waals surface area contributed by atoms with E-state index in [9.17, 15) is 30.0 Å². The Hall–Kier alpha value is -3.91. The van der Waals surface area contributed by atoms with Crippen LogP contribution in [0.4, 0.5) is 47.3 Å². The molecule has 0 amide bonds. The zero-order chi connectivity index (χ0) is 34.6. The maximum Gasteiger partial charge on any atom is 0.417 e. The molecule has 18 heteroatoms. The quantitative estimate of drug-likeness (QED) is 0.170. The van der Waals surface area contributed by atoms with E-state index in [1.165, 1.54) is 11.0 Å². The van der Waals surface area contributed by atoms with Gasteiger partial charge in [-0.3, -0.25) is 11.5 Å². The van der Waals surface area contributed by atoms with E-state index in [1.54, 1.807) is 24.3 Å². The number of aryl methyl sites for hydroxylation is 2. The van der Waals surface area contributed by atoms with Crippen molar-refractivity contribution >= 4 is 70.1 Å². The number of nitrogens with one attached hydrogen (secondary N) is 2. The summed E-state index contributed by atoms with van der Waals surface area (Å²) >= 11 is 3.24. The summed E-state index contributed by atoms with van der Waals surface area (Å²) in [5, 5.41) is 16.1. The summed E-state index contributed by atoms with van der Waals surface area (Å²) in [4.78, 5) is 2.42. The second-order valence-electron chi connectivity index (χ2n) is 10.7. The van der Waals surface area contributed by atoms with Crippen LogP contribution in [0.1, 0.15) is 16.7 Å². The van der Waals surface area contributed by atoms with Crippen LogP contribution in [0, 0.1) is 13.8 Å². The van der Waals surface area contributed by atoms with Crippen LogP contribution < -0.4 is 42.2 Å². The first-order valence-electron chi connectivity index (χ1n) is 13.7. The van der Waals surface area contributed by atoms with E-state index in [-0.39, 0.29) is 16.3 Å². The molecule has 0 aromatic heterocycles. The Bertz CT molecular complexity index is 2100. The van der Waals surface area contributed by atoms with Crippen molar-refractivity contribution in [2.45, 2.75) is 42.4 Å². The molecule has 0 radical (unpaired) electrons. The van der Waals surface area contributed by atoms with Crippen molar-refractivity contribution in [2.24, 2.45) is 21.7 Å². The Morgan fingerprint density at radius 3 is 1.49 bits per heavy atom. The summed E-state index contributed by atoms with van der Waals surface area (Å²) in [6.07, 6.45) is -6.22. The Morgan fingerprint density at radius 1 is 0.681 bits per heavy atom. The standard InChI is InChI=1S/C15H15F3N4O2S.C14H15BrN4O2S/c1-8-4-2-3-5-11(8)22-12-7-13(25(20,23)24)9(15(16,17)18)6-10(12)21-14(22)19;1-8-4-2-3-5-11(8)19-12-7-13(22(17,20)21)9(15)6-10(12)18-14(19)16/h2-7,14,21H,19H2,1H3,(H2,20,23,24);2-7,14,18H,16H2,1H3,(H2,17,20,21). The van der Waals surface area contributed by atoms with Gasteiger partial charge in [0.05, 0.1) is 38.1 Å². The zero-order valence-corrected chi connectivity index (χ0v) is 28.0. The molecule has 4 aromatic carbocycles. The lowest BCUT2D eigenvalue weighted by Crippen LogP contribution is -2.40. The lowest BCUT2D eigenvalue weighted by molar-refractivity contribution is -0.139. The minimum absolute atomic E-state index is 0.0285. The van der Waals surface area contributed by atoms with E-state index in [4.69, 9.17) is 21.7 Å². The molecule has 250 valence electrons. The number of alkyl halides is 3. The van der Waals surface area contributed by atoms with Gasteiger partial charge in [0.15, 0.2) is 12.6 Å². The lowest BCUT2D eigenvalue weighted by atomic mass is 10.1. The number of nitrogens with two attached hydrogens (primary N) is 4. The van der Waals surface area contributed by atoms with Gasteiger partial charge >= 0.3 is 6.18 Å². The van der Waals surface area contributed by atoms with Gasteiger partial charge in [-0.25, -0.2) is 27.1 Å². The molecule has 0 aliphatic carbocycles. The molecule has 0 saturated carbocycles. The van der Waals surface area contributed by atoms with Crippen LogP contribution in [0.3, 0.4) is 0 Å². The number of rotatable bonds is 4. The van der Waals surface area contributed by atoms with E-state index >= 15 is 0 Å². The van der Waals surface area contributed by atoms with Crippen molar-refractivity contribution in [3.05, 3.63) is 94.0 Å². The van der Waals surface area contributed by atoms with Crippen LogP contribution in [-0.2, 0) is 26.2 Å². The van der Waals surface area contributed by atoms with Gasteiger partial charge in [-0.15, -0.1) is 0 Å². The number of hydrogen-bond donors (Lipinski definition) is 6. The number of hydrogen-bond acceptors (Lipinski definition) is 10. The number of fused-ring (bicyclic) bond motifs is 2. The molecule has 4 aromatic rings. The van der Waals surface area contributed by atoms with Crippen molar-refractivity contribution in [1.82, 2.24) is 0 Å². The Kier molecular flexibility index (Phi) is 8.99. The second kappa shape index (κ2) is 12.3. The zero-order valence-electron chi connectivity index (χ0n) is 24.7. The van der Waals surface area contributed by atoms with Crippen molar-refractivity contribution in [3.63, 3.8) is 0 Å². The Morgan fingerprint density at radius 2 is 1.09 bits per heavy atom. The van der Waals surface area contributed by atoms with E-state index < -0.39 is 49.3 Å². The summed E-state index contributed by atoms with van der Waals surface area (Å²) in [6.45, 7) is 3.78. The highest BCUT2D eigenvalue weighted by Crippen LogP contribution is 2.46. The number of sulfonamides is 2. The summed E-state index contributed by atoms with van der Waals surface area (Å²) in [5.41, 5.74) is 15.9. The van der Waals surface area contributed by atoms with E-state index in [2.05, 4.69) is 26.6 Å². The molecule has 2 unspecified atom stereocenters. The van der Waals surface area contributed by atoms with Gasteiger partial charge in [0, 0.05) is 15.8 Å². The molecule has 2 heterocycles. The molecule has 6 rings (SSSR count). The van der Waals surface area contributed by atoms with E-state index in [0.717, 1.165) is 28.6 Å². The molecule has 0 spiro atoms. The number of nitrogens with zero attached hydrogens (tertiary/aromatic N) is 2. The maximum atomic E-state index is 13.2. The molecular weight excluding hydrogens is 725 g/mol. The fourth-order valence-electron chi connectivity index (χ4n) is 5.39. The van der Waals surface area contributed by atoms with Crippen LogP contribution in [-0.4, -0.2) is 29.4 Å². The normalized spacial score (nSPS) is 17.3. The molecule has 2 aliphatic rings. The maximum absolute atomic E-state index is 13.2. The number of primary sulfonamides is 2. The molecule has 2 aliphatic heterocycles. The smallest absolute Gasteiger partial charge is 0.351 e. The third-order valence-corrected chi connectivity index (χ3v) is 10.3. The minimum Gasteiger partial charge on any atom is -0.351 e. The molecule has 47 heavy (non-hydrogen) atoms. The Balaban J connectivity index is 0.000000186. The molecule has 0 saturated heterocycles. The first kappa shape index (κ1) is 34.4. The first-order valence-corrected chi connectivity index (χ1v) is 17.6. The number of benzene rings is 4. The molecule has 10 N–H and O–H groups in total. The van der Waals surface area contributed by atoms with Crippen LogP contribution in [0.5, 0.6) is 0 Å². The van der Waals surface area contributed by atoms with Crippen molar-refractivity contribution < 1.29 is 30.0 Å². The summed E-state index contributed by atoms with van der Waals surface area (Å²) in [7, 11) is -8.42. The molecular formula is C29H30BrF3N8O4S2. The van der Waals surface area contributed by atoms with Crippen LogP contribution in [0.25, 0.3) is 0 Å². The highest BCUT2D eigenvalue weighted by atomic mass is 79.9. The number of para-hydroxylation sites is 2. The third-order valence-electron chi connectivity index (χ3n) is 7.50. The summed E-state index contributed by atoms with van der Waals surface area (Å²) in [5.74, 6) is 0. The van der Waals surface area contributed by atoms with Gasteiger partial charge in [-0.2, -0.15) is 13.2 Å². The van der Waals surface area contributed by atoms with Gasteiger partial charge in [-0.1, -0.05) is 36.4 Å². The monoisotopic (exact) mass is 754 g/mol. The SMILES string of the molecule is Cc1ccccc1N1c2cc(S(N)(=O)=O)c(Br)cc2NC1N.Cc1ccccc1N1c2cc(S(N)(=O)=O)c(C(F)(F)F)cc2NC1N. The van der Waals surface area contributed by atoms with Crippen LogP contribution >= 0.6 is 15.9 Å². The molecule has 12 nitrogen and oxygen atoms in total. The van der Waals surface area contributed by atoms with Crippen LogP contribution in [0.2, 0.25) is 0 Å². The summed E-state index contributed by atoms with van der Waals surface area (Å²) in [6, 6.07) is 19.7. The van der Waals surface area contributed by atoms with Gasteiger partial charge in [0.25, 0.3) is 0 Å². The predicted octanol–water partition coefficient (Wildman–Crippen LogP) is 4.68. The van der Waals surface area contributed by atoms with Crippen molar-refractivity contribution in [1.29, 1.82) is 0 Å². The number of halogens is 4. The predicted molar refractivity (Wildman–Crippen MR) is 178 cm³/mol. The largest absolute Gasteiger partial charge is 0.417 e. The average molecular weight is 756 g/mol. The van der Waals surface area contributed by atoms with Crippen molar-refractivity contribution in [2.75, 3.05) is 20.4 Å². The molecule has 0 fully saturated rings. The molecule has 0 bridgehead atoms. The first-order chi connectivity index (χ1) is 21.8. The van der Waals surface area contributed by atoms with Crippen LogP contribution in [0.15, 0.2) is 87.1 Å². The van der Waals surface area contributed by atoms with E-state index in [0.29, 0.717) is 21.9 Å². The molecule has 2 atom stereocenters. The number of anilines is 6. The fourth-order valence-corrected chi connectivity index (χ4v) is 7.77. The summed E-state index contributed by atoms with van der Waals surface area (Å²) < 4.78 is 87.0. The minimum atomic E-state index is -4.88. The topological polar surface area (TPSA) is 203 Å². The highest BCUT2D eigenvalue weighted by molar-refractivity contribution is 9.10. The fraction of sp³-hybridized carbons (Fsp3) is 0.172. The van der Waals surface area contributed by atoms with Gasteiger partial charge < -0.3 is 20.4 Å². The highest BCUT2D eigenvalue weighted by Gasteiger charge is 2.40. The average Bonchev–Trinajstić information content (AvgIpc) is 3.45. The Labute approximate surface area is 277 Å². The second-order valence-corrected chi connectivity index (χ2v) is 14.7. The lowest BCUT2D eigenvalue weighted by Gasteiger charge is -2.25. The van der Waals surface area contributed by atoms with Gasteiger partial charge in [-0.05, 0) is 77.3 Å². The van der Waals surface area contributed by atoms with Crippen molar-refractivity contribution in [3.8, 4) is 0 Å². The van der Waals surface area contributed by atoms with Gasteiger partial charge in [0.2, 0.25) is 20.0 Å². The third kappa shape index (κ3) is 6.75. The van der Waals surface area contributed by atoms with E-state index in [1.807, 2.05) is 49.1 Å². The van der Waals surface area contributed by atoms with Gasteiger partial charge in [0.1, 0.15) is 0 Å².